The topological polar surface area (TPSA) is 46.5 Å². The molecule has 0 aromatic heterocycles. The largest absolute Gasteiger partial charge is 0.504 e. The second-order valence-electron chi connectivity index (χ2n) is 3.91. The summed E-state index contributed by atoms with van der Waals surface area (Å²) in [6.45, 7) is 1.99. The van der Waals surface area contributed by atoms with Gasteiger partial charge in [-0.05, 0) is 36.2 Å². The van der Waals surface area contributed by atoms with Gasteiger partial charge in [0, 0.05) is 0 Å². The van der Waals surface area contributed by atoms with Crippen LogP contribution in [0.2, 0.25) is 0 Å². The highest BCUT2D eigenvalue weighted by molar-refractivity contribution is 5.91. The molecule has 3 nitrogen and oxygen atoms in total. The van der Waals surface area contributed by atoms with Crippen molar-refractivity contribution in [3.8, 4) is 11.5 Å². The Morgan fingerprint density at radius 3 is 2.50 bits per heavy atom. The van der Waals surface area contributed by atoms with E-state index in [1.165, 1.54) is 0 Å². The van der Waals surface area contributed by atoms with Gasteiger partial charge in [-0.2, -0.15) is 0 Å². The van der Waals surface area contributed by atoms with Crippen LogP contribution >= 0.6 is 0 Å². The normalized spacial score (nSPS) is 10.1. The van der Waals surface area contributed by atoms with Crippen LogP contribution in [0.15, 0.2) is 48.5 Å². The minimum atomic E-state index is -0.477. The fourth-order valence-electron chi connectivity index (χ4n) is 1.60. The van der Waals surface area contributed by atoms with Crippen molar-refractivity contribution in [3.05, 3.63) is 59.7 Å². The van der Waals surface area contributed by atoms with Crippen molar-refractivity contribution in [3.63, 3.8) is 0 Å². The fourth-order valence-corrected chi connectivity index (χ4v) is 1.60. The molecule has 0 aliphatic carbocycles. The van der Waals surface area contributed by atoms with Crippen molar-refractivity contribution in [1.82, 2.24) is 0 Å². The summed E-state index contributed by atoms with van der Waals surface area (Å²) in [6, 6.07) is 13.7. The number of phenolic OH excluding ortho intramolecular Hbond substituents is 1. The molecule has 2 rings (SSSR count). The standard InChI is InChI=1S/C15H14O3/c1-2-11-8-9-14(13(16)10-11)18-15(17)12-6-4-3-5-7-12/h3-10,16H,2H2,1H3. The zero-order chi connectivity index (χ0) is 13.0. The van der Waals surface area contributed by atoms with Crippen LogP contribution in [0.4, 0.5) is 0 Å². The average molecular weight is 242 g/mol. The zero-order valence-electron chi connectivity index (χ0n) is 10.1. The van der Waals surface area contributed by atoms with Crippen LogP contribution in [0.25, 0.3) is 0 Å². The predicted octanol–water partition coefficient (Wildman–Crippen LogP) is 3.17. The number of carbonyl (C=O) groups excluding carboxylic acids is 1. The third-order valence-corrected chi connectivity index (χ3v) is 2.64. The number of rotatable bonds is 3. The van der Waals surface area contributed by atoms with Gasteiger partial charge in [-0.1, -0.05) is 31.2 Å². The van der Waals surface area contributed by atoms with E-state index in [0.29, 0.717) is 5.56 Å². The molecule has 0 fully saturated rings. The number of phenols is 1. The molecule has 2 aromatic carbocycles. The van der Waals surface area contributed by atoms with Crippen LogP contribution in [0.5, 0.6) is 11.5 Å². The number of hydrogen-bond donors (Lipinski definition) is 1. The van der Waals surface area contributed by atoms with Crippen LogP contribution in [-0.4, -0.2) is 11.1 Å². The lowest BCUT2D eigenvalue weighted by Gasteiger charge is -2.07. The molecule has 2 aromatic rings. The second kappa shape index (κ2) is 5.36. The Morgan fingerprint density at radius 2 is 1.89 bits per heavy atom. The number of aromatic hydroxyl groups is 1. The van der Waals surface area contributed by atoms with Gasteiger partial charge < -0.3 is 9.84 Å². The highest BCUT2D eigenvalue weighted by Crippen LogP contribution is 2.27. The van der Waals surface area contributed by atoms with Crippen LogP contribution in [0.1, 0.15) is 22.8 Å². The molecule has 0 radical (unpaired) electrons. The van der Waals surface area contributed by atoms with Crippen molar-refractivity contribution in [2.24, 2.45) is 0 Å². The van der Waals surface area contributed by atoms with Gasteiger partial charge in [0.05, 0.1) is 5.56 Å². The average Bonchev–Trinajstić information content (AvgIpc) is 2.42. The maximum Gasteiger partial charge on any atom is 0.343 e. The summed E-state index contributed by atoms with van der Waals surface area (Å²) in [5.74, 6) is -0.310. The van der Waals surface area contributed by atoms with Gasteiger partial charge in [0.15, 0.2) is 11.5 Å². The SMILES string of the molecule is CCc1ccc(OC(=O)c2ccccc2)c(O)c1. The first-order valence-electron chi connectivity index (χ1n) is 5.80. The van der Waals surface area contributed by atoms with E-state index in [0.717, 1.165) is 12.0 Å². The van der Waals surface area contributed by atoms with Crippen LogP contribution < -0.4 is 4.74 Å². The van der Waals surface area contributed by atoms with E-state index < -0.39 is 5.97 Å². The molecule has 0 saturated carbocycles. The minimum absolute atomic E-state index is 0.0152. The van der Waals surface area contributed by atoms with Gasteiger partial charge in [-0.25, -0.2) is 4.79 Å². The molecule has 0 saturated heterocycles. The van der Waals surface area contributed by atoms with Crippen molar-refractivity contribution < 1.29 is 14.6 Å². The Morgan fingerprint density at radius 1 is 1.17 bits per heavy atom. The molecular formula is C15H14O3. The molecule has 18 heavy (non-hydrogen) atoms. The molecule has 0 aliphatic heterocycles. The van der Waals surface area contributed by atoms with E-state index in [1.54, 1.807) is 36.4 Å². The van der Waals surface area contributed by atoms with E-state index in [4.69, 9.17) is 4.74 Å². The summed E-state index contributed by atoms with van der Waals surface area (Å²) in [4.78, 5) is 11.8. The zero-order valence-corrected chi connectivity index (χ0v) is 10.1. The first-order chi connectivity index (χ1) is 8.70. The maximum absolute atomic E-state index is 11.8. The lowest BCUT2D eigenvalue weighted by atomic mass is 10.1. The van der Waals surface area contributed by atoms with Gasteiger partial charge in [0.1, 0.15) is 0 Å². The molecule has 0 atom stereocenters. The molecule has 0 amide bonds. The molecule has 1 N–H and O–H groups in total. The smallest absolute Gasteiger partial charge is 0.343 e. The molecule has 0 heterocycles. The molecular weight excluding hydrogens is 228 g/mol. The van der Waals surface area contributed by atoms with Crippen LogP contribution in [0, 0.1) is 0 Å². The fraction of sp³-hybridized carbons (Fsp3) is 0.133. The number of hydrogen-bond acceptors (Lipinski definition) is 3. The third kappa shape index (κ3) is 2.69. The Hall–Kier alpha value is -2.29. The highest BCUT2D eigenvalue weighted by atomic mass is 16.5. The summed E-state index contributed by atoms with van der Waals surface area (Å²) in [6.07, 6.45) is 0.820. The quantitative estimate of drug-likeness (QED) is 0.664. The van der Waals surface area contributed by atoms with Crippen LogP contribution in [0.3, 0.4) is 0 Å². The number of benzene rings is 2. The summed E-state index contributed by atoms with van der Waals surface area (Å²) in [7, 11) is 0. The molecule has 0 bridgehead atoms. The first kappa shape index (κ1) is 12.2. The van der Waals surface area contributed by atoms with Crippen LogP contribution in [-0.2, 0) is 6.42 Å². The maximum atomic E-state index is 11.8. The molecule has 0 spiro atoms. The number of aryl methyl sites for hydroxylation is 1. The molecule has 0 unspecified atom stereocenters. The number of carbonyl (C=O) groups is 1. The molecule has 92 valence electrons. The second-order valence-corrected chi connectivity index (χ2v) is 3.91. The summed E-state index contributed by atoms with van der Waals surface area (Å²) < 4.78 is 5.14. The van der Waals surface area contributed by atoms with Gasteiger partial charge in [-0.3, -0.25) is 0 Å². The number of ether oxygens (including phenoxy) is 1. The third-order valence-electron chi connectivity index (χ3n) is 2.64. The van der Waals surface area contributed by atoms with Crippen molar-refractivity contribution >= 4 is 5.97 Å². The molecule has 0 aliphatic rings. The first-order valence-corrected chi connectivity index (χ1v) is 5.80. The van der Waals surface area contributed by atoms with E-state index in [1.807, 2.05) is 19.1 Å². The number of esters is 1. The Kier molecular flexibility index (Phi) is 3.63. The Balaban J connectivity index is 2.17. The minimum Gasteiger partial charge on any atom is -0.504 e. The Labute approximate surface area is 106 Å². The van der Waals surface area contributed by atoms with Gasteiger partial charge in [-0.15, -0.1) is 0 Å². The Bertz CT molecular complexity index is 547. The van der Waals surface area contributed by atoms with Gasteiger partial charge in [0.25, 0.3) is 0 Å². The van der Waals surface area contributed by atoms with Crippen molar-refractivity contribution in [2.45, 2.75) is 13.3 Å². The summed E-state index contributed by atoms with van der Waals surface area (Å²) in [5, 5.41) is 9.74. The monoisotopic (exact) mass is 242 g/mol. The van der Waals surface area contributed by atoms with E-state index in [-0.39, 0.29) is 11.5 Å². The summed E-state index contributed by atoms with van der Waals surface area (Å²) >= 11 is 0. The van der Waals surface area contributed by atoms with E-state index in [2.05, 4.69) is 0 Å². The van der Waals surface area contributed by atoms with Crippen molar-refractivity contribution in [2.75, 3.05) is 0 Å². The summed E-state index contributed by atoms with van der Waals surface area (Å²) in [5.41, 5.74) is 1.45. The van der Waals surface area contributed by atoms with Crippen molar-refractivity contribution in [1.29, 1.82) is 0 Å². The lowest BCUT2D eigenvalue weighted by Crippen LogP contribution is -2.08. The van der Waals surface area contributed by atoms with E-state index >= 15 is 0 Å². The predicted molar refractivity (Wildman–Crippen MR) is 68.9 cm³/mol. The van der Waals surface area contributed by atoms with Gasteiger partial charge in [0.2, 0.25) is 0 Å². The lowest BCUT2D eigenvalue weighted by molar-refractivity contribution is 0.0729. The highest BCUT2D eigenvalue weighted by Gasteiger charge is 2.11. The van der Waals surface area contributed by atoms with Gasteiger partial charge >= 0.3 is 5.97 Å². The molecule has 3 heteroatoms. The van der Waals surface area contributed by atoms with E-state index in [9.17, 15) is 9.90 Å².